The summed E-state index contributed by atoms with van der Waals surface area (Å²) in [5.74, 6) is 0.0482. The van der Waals surface area contributed by atoms with Crippen molar-refractivity contribution in [2.75, 3.05) is 19.8 Å². The summed E-state index contributed by atoms with van der Waals surface area (Å²) >= 11 is 0. The van der Waals surface area contributed by atoms with Gasteiger partial charge in [0.2, 0.25) is 6.29 Å². The largest absolute Gasteiger partial charge is 0.432 e. The zero-order valence-corrected chi connectivity index (χ0v) is 39.3. The van der Waals surface area contributed by atoms with Crippen molar-refractivity contribution in [2.24, 2.45) is 56.7 Å². The van der Waals surface area contributed by atoms with Gasteiger partial charge in [-0.3, -0.25) is 4.79 Å². The fraction of sp³-hybridized carbons (Fsp3) is 0.938. The van der Waals surface area contributed by atoms with E-state index >= 15 is 0 Å². The van der Waals surface area contributed by atoms with E-state index in [0.717, 1.165) is 50.5 Å². The number of carbonyl (C=O) groups is 1. The molecule has 0 amide bonds. The molecule has 5 saturated carbocycles. The van der Waals surface area contributed by atoms with Crippen LogP contribution in [0.1, 0.15) is 106 Å². The molecule has 3 saturated heterocycles. The number of hydrogen-bond donors (Lipinski definition) is 11. The molecule has 0 aromatic heterocycles. The number of aliphatic hydroxyl groups excluding tert-OH is 11. The van der Waals surface area contributed by atoms with Gasteiger partial charge in [0.25, 0.3) is 0 Å². The summed E-state index contributed by atoms with van der Waals surface area (Å²) in [4.78, 5) is 15.0. The molecule has 5 aliphatic carbocycles. The van der Waals surface area contributed by atoms with Crippen LogP contribution in [0.5, 0.6) is 0 Å². The molecule has 3 aliphatic heterocycles. The van der Waals surface area contributed by atoms with E-state index in [1.165, 1.54) is 6.92 Å². The number of ether oxygens (including phenoxy) is 6. The SMILES string of the molecule is C=C(C)[C@@H]1CC[C@]2(C(=O)O[C@@H]3O[C@H](CO[C@@H]4O[C@H](CO)[C@@H](O[C@@H]5O[C@@H](C)[C@H](O)[C@@H](O)[C@H]5O)[C@@H](O)[C@H]4O)[C@@H](O)[C@H](O)[C@H]3O)CC[C@]3(C)[C@H](CC[C@@H]4[C@@]5(C)CC[C@H](O)[C@@](C)(CO)[C@@H]5CC[C@]43C)[C@H]12. The molecule has 11 N–H and O–H groups in total. The van der Waals surface area contributed by atoms with Crippen LogP contribution in [-0.4, -0.2) is 180 Å². The molecule has 8 fully saturated rings. The number of rotatable bonds is 10. The van der Waals surface area contributed by atoms with Gasteiger partial charge in [-0.2, -0.15) is 0 Å². The highest BCUT2D eigenvalue weighted by atomic mass is 16.8. The quantitative estimate of drug-likeness (QED) is 0.101. The van der Waals surface area contributed by atoms with E-state index in [1.807, 2.05) is 6.92 Å². The van der Waals surface area contributed by atoms with Crippen LogP contribution in [0.25, 0.3) is 0 Å². The van der Waals surface area contributed by atoms with Crippen molar-refractivity contribution in [2.45, 2.75) is 204 Å². The molecule has 26 atom stereocenters. The average molecular weight is 943 g/mol. The van der Waals surface area contributed by atoms with Crippen LogP contribution in [0, 0.1) is 56.7 Å². The molecular formula is C48H78O18. The molecule has 0 bridgehead atoms. The number of aliphatic hydroxyl groups is 11. The lowest BCUT2D eigenvalue weighted by molar-refractivity contribution is -0.361. The number of carbonyl (C=O) groups excluding carboxylic acids is 1. The Morgan fingerprint density at radius 3 is 1.97 bits per heavy atom. The first-order chi connectivity index (χ1) is 30.9. The summed E-state index contributed by atoms with van der Waals surface area (Å²) in [5.41, 5.74) is -0.817. The van der Waals surface area contributed by atoms with Gasteiger partial charge in [-0.1, -0.05) is 39.8 Å². The molecule has 378 valence electrons. The second kappa shape index (κ2) is 18.3. The molecular weight excluding hydrogens is 865 g/mol. The predicted octanol–water partition coefficient (Wildman–Crippen LogP) is -0.00360. The Labute approximate surface area is 387 Å². The lowest BCUT2D eigenvalue weighted by Crippen LogP contribution is -2.68. The molecule has 0 radical (unpaired) electrons. The molecule has 0 spiro atoms. The highest BCUT2D eigenvalue weighted by Crippen LogP contribution is 2.77. The van der Waals surface area contributed by atoms with Gasteiger partial charge in [-0.25, -0.2) is 0 Å². The Bertz CT molecular complexity index is 1770. The Balaban J connectivity index is 0.965. The number of esters is 1. The van der Waals surface area contributed by atoms with Crippen LogP contribution < -0.4 is 0 Å². The summed E-state index contributed by atoms with van der Waals surface area (Å²) in [7, 11) is 0. The van der Waals surface area contributed by atoms with E-state index in [4.69, 9.17) is 28.4 Å². The van der Waals surface area contributed by atoms with Gasteiger partial charge in [0.15, 0.2) is 12.6 Å². The van der Waals surface area contributed by atoms with Crippen molar-refractivity contribution in [3.8, 4) is 0 Å². The van der Waals surface area contributed by atoms with Crippen LogP contribution >= 0.6 is 0 Å². The highest BCUT2D eigenvalue weighted by molar-refractivity contribution is 5.78. The van der Waals surface area contributed by atoms with Crippen LogP contribution in [0.3, 0.4) is 0 Å². The van der Waals surface area contributed by atoms with Gasteiger partial charge in [-0.15, -0.1) is 0 Å². The molecule has 18 heteroatoms. The maximum Gasteiger partial charge on any atom is 0.314 e. The fourth-order valence-electron chi connectivity index (χ4n) is 15.7. The van der Waals surface area contributed by atoms with Crippen molar-refractivity contribution in [1.29, 1.82) is 0 Å². The second-order valence-corrected chi connectivity index (χ2v) is 22.8. The molecule has 66 heavy (non-hydrogen) atoms. The Morgan fingerprint density at radius 1 is 0.652 bits per heavy atom. The van der Waals surface area contributed by atoms with E-state index in [9.17, 15) is 61.0 Å². The summed E-state index contributed by atoms with van der Waals surface area (Å²) < 4.78 is 34.7. The monoisotopic (exact) mass is 943 g/mol. The summed E-state index contributed by atoms with van der Waals surface area (Å²) in [6.07, 6.45) is -16.9. The normalized spacial score (nSPS) is 56.0. The van der Waals surface area contributed by atoms with Crippen molar-refractivity contribution in [3.63, 3.8) is 0 Å². The van der Waals surface area contributed by atoms with Gasteiger partial charge in [0, 0.05) is 5.41 Å². The minimum Gasteiger partial charge on any atom is -0.432 e. The molecule has 18 nitrogen and oxygen atoms in total. The molecule has 0 aromatic rings. The highest BCUT2D eigenvalue weighted by Gasteiger charge is 2.73. The van der Waals surface area contributed by atoms with E-state index in [0.29, 0.717) is 25.2 Å². The third kappa shape index (κ3) is 7.69. The zero-order chi connectivity index (χ0) is 48.2. The fourth-order valence-corrected chi connectivity index (χ4v) is 15.7. The standard InChI is InChI=1S/C48H78O18/c1-21(2)23-10-15-48(17-16-46(6)24(30(23)48)8-9-28-44(4)13-12-29(51)45(5,20-50)27(44)11-14-47(28,46)7)43(60)66-42-37(58)34(55)32(53)26(64-42)19-61-40-38(59)35(56)39(25(18-49)63-40)65-41-36(57)33(54)31(52)22(3)62-41/h22-42,49-59H,1,8-20H2,2-7H3/t22-,23-,24+,25+,26+,27+,28+,29-,30-,31-,32+,33+,34-,35-,36+,37+,38+,39+,40+,41-,42-,44-,45-,46+,47+,48-/m0/s1. The Kier molecular flexibility index (Phi) is 14.1. The topological polar surface area (TPSA) is 295 Å². The van der Waals surface area contributed by atoms with Crippen LogP contribution in [0.15, 0.2) is 12.2 Å². The number of fused-ring (bicyclic) bond motifs is 7. The lowest BCUT2D eigenvalue weighted by Gasteiger charge is -2.72. The molecule has 0 aromatic carbocycles. The minimum atomic E-state index is -1.85. The second-order valence-electron chi connectivity index (χ2n) is 22.8. The lowest BCUT2D eigenvalue weighted by atomic mass is 9.32. The third-order valence-corrected chi connectivity index (χ3v) is 19.8. The third-order valence-electron chi connectivity index (χ3n) is 19.8. The van der Waals surface area contributed by atoms with E-state index in [2.05, 4.69) is 34.3 Å². The molecule has 8 rings (SSSR count). The maximum atomic E-state index is 15.0. The van der Waals surface area contributed by atoms with Crippen LogP contribution in [-0.2, 0) is 33.2 Å². The van der Waals surface area contributed by atoms with Gasteiger partial charge < -0.3 is 84.6 Å². The van der Waals surface area contributed by atoms with Crippen molar-refractivity contribution in [1.82, 2.24) is 0 Å². The zero-order valence-electron chi connectivity index (χ0n) is 39.3. The van der Waals surface area contributed by atoms with Crippen molar-refractivity contribution < 1.29 is 89.4 Å². The summed E-state index contributed by atoms with van der Waals surface area (Å²) in [5, 5.41) is 118. The van der Waals surface area contributed by atoms with E-state index in [-0.39, 0.29) is 46.5 Å². The maximum absolute atomic E-state index is 15.0. The predicted molar refractivity (Wildman–Crippen MR) is 230 cm³/mol. The van der Waals surface area contributed by atoms with E-state index in [1.54, 1.807) is 0 Å². The van der Waals surface area contributed by atoms with E-state index < -0.39 is 128 Å². The number of hydrogen-bond acceptors (Lipinski definition) is 18. The van der Waals surface area contributed by atoms with Gasteiger partial charge in [0.05, 0.1) is 37.4 Å². The van der Waals surface area contributed by atoms with Gasteiger partial charge in [-0.05, 0) is 124 Å². The Hall–Kier alpha value is -1.43. The first-order valence-electron chi connectivity index (χ1n) is 24.4. The average Bonchev–Trinajstić information content (AvgIpc) is 3.69. The first-order valence-corrected chi connectivity index (χ1v) is 24.4. The smallest absolute Gasteiger partial charge is 0.314 e. The van der Waals surface area contributed by atoms with Crippen molar-refractivity contribution >= 4 is 5.97 Å². The minimum absolute atomic E-state index is 0.0378. The molecule has 3 heterocycles. The van der Waals surface area contributed by atoms with Gasteiger partial charge in [0.1, 0.15) is 67.1 Å². The summed E-state index contributed by atoms with van der Waals surface area (Å²) in [6.45, 7) is 15.8. The Morgan fingerprint density at radius 2 is 1.30 bits per heavy atom. The van der Waals surface area contributed by atoms with Crippen LogP contribution in [0.2, 0.25) is 0 Å². The van der Waals surface area contributed by atoms with Gasteiger partial charge >= 0.3 is 5.97 Å². The van der Waals surface area contributed by atoms with Crippen LogP contribution in [0.4, 0.5) is 0 Å². The molecule has 0 unspecified atom stereocenters. The summed E-state index contributed by atoms with van der Waals surface area (Å²) in [6, 6.07) is 0. The van der Waals surface area contributed by atoms with Crippen molar-refractivity contribution in [3.05, 3.63) is 12.2 Å². The first kappa shape index (κ1) is 50.9. The molecule has 8 aliphatic rings. The number of allylic oxidation sites excluding steroid dienone is 1.